The number of benzene rings is 1. The van der Waals surface area contributed by atoms with Gasteiger partial charge in [0.2, 0.25) is 0 Å². The van der Waals surface area contributed by atoms with E-state index in [-0.39, 0.29) is 6.42 Å². The first-order valence-corrected chi connectivity index (χ1v) is 4.84. The summed E-state index contributed by atoms with van der Waals surface area (Å²) in [5.74, 6) is 2.41. The van der Waals surface area contributed by atoms with Gasteiger partial charge in [-0.1, -0.05) is 29.3 Å². The highest BCUT2D eigenvalue weighted by Gasteiger charge is 2.24. The highest BCUT2D eigenvalue weighted by Crippen LogP contribution is 2.32. The molecule has 0 saturated heterocycles. The van der Waals surface area contributed by atoms with Gasteiger partial charge < -0.3 is 5.11 Å². The third-order valence-electron chi connectivity index (χ3n) is 1.96. The fourth-order valence-electron chi connectivity index (χ4n) is 1.22. The van der Waals surface area contributed by atoms with Crippen molar-refractivity contribution in [3.63, 3.8) is 0 Å². The van der Waals surface area contributed by atoms with Crippen LogP contribution < -0.4 is 0 Å². The van der Waals surface area contributed by atoms with Crippen LogP contribution in [0.25, 0.3) is 0 Å². The van der Waals surface area contributed by atoms with E-state index >= 15 is 0 Å². The molecule has 1 aromatic carbocycles. The van der Waals surface area contributed by atoms with Crippen molar-refractivity contribution in [2.24, 2.45) is 0 Å². The molecule has 0 saturated carbocycles. The molecule has 1 aromatic rings. The Hall–Kier alpha value is -0.680. The fourth-order valence-corrected chi connectivity index (χ4v) is 1.83. The number of halogens is 2. The zero-order valence-electron chi connectivity index (χ0n) is 7.72. The Balaban J connectivity index is 3.14. The molecular weight excluding hydrogens is 219 g/mol. The summed E-state index contributed by atoms with van der Waals surface area (Å²) in [5.41, 5.74) is -0.502. The van der Waals surface area contributed by atoms with Gasteiger partial charge in [-0.2, -0.15) is 0 Å². The van der Waals surface area contributed by atoms with Crippen LogP contribution in [0.5, 0.6) is 0 Å². The van der Waals surface area contributed by atoms with Crippen molar-refractivity contribution in [3.8, 4) is 12.3 Å². The van der Waals surface area contributed by atoms with Crippen LogP contribution in [0.4, 0.5) is 0 Å². The van der Waals surface area contributed by atoms with Gasteiger partial charge in [-0.15, -0.1) is 12.3 Å². The monoisotopic (exact) mass is 228 g/mol. The summed E-state index contributed by atoms with van der Waals surface area (Å²) in [5, 5.41) is 11.0. The molecule has 0 aliphatic rings. The molecule has 1 N–H and O–H groups in total. The molecule has 0 fully saturated rings. The molecule has 0 amide bonds. The third kappa shape index (κ3) is 2.42. The van der Waals surface area contributed by atoms with Crippen LogP contribution in [0, 0.1) is 12.3 Å². The largest absolute Gasteiger partial charge is 0.384 e. The van der Waals surface area contributed by atoms with Gasteiger partial charge in [-0.25, -0.2) is 0 Å². The normalized spacial score (nSPS) is 14.5. The highest BCUT2D eigenvalue weighted by atomic mass is 35.5. The van der Waals surface area contributed by atoms with Gasteiger partial charge in [0.25, 0.3) is 0 Å². The Kier molecular flexibility index (Phi) is 3.44. The average molecular weight is 229 g/mol. The van der Waals surface area contributed by atoms with E-state index < -0.39 is 5.60 Å². The van der Waals surface area contributed by atoms with Gasteiger partial charge in [0.05, 0.1) is 5.60 Å². The van der Waals surface area contributed by atoms with Crippen molar-refractivity contribution < 1.29 is 5.11 Å². The van der Waals surface area contributed by atoms with Crippen LogP contribution >= 0.6 is 23.2 Å². The molecule has 0 aliphatic carbocycles. The highest BCUT2D eigenvalue weighted by molar-refractivity contribution is 6.35. The zero-order valence-corrected chi connectivity index (χ0v) is 9.23. The van der Waals surface area contributed by atoms with Crippen LogP contribution in [0.15, 0.2) is 18.2 Å². The molecule has 1 atom stereocenters. The van der Waals surface area contributed by atoms with Gasteiger partial charge in [0.15, 0.2) is 0 Å². The summed E-state index contributed by atoms with van der Waals surface area (Å²) < 4.78 is 0. The maximum atomic E-state index is 9.99. The topological polar surface area (TPSA) is 20.2 Å². The predicted octanol–water partition coefficient (Wildman–Crippen LogP) is 3.22. The Morgan fingerprint density at radius 1 is 1.50 bits per heavy atom. The smallest absolute Gasteiger partial charge is 0.0991 e. The van der Waals surface area contributed by atoms with Crippen molar-refractivity contribution in [2.75, 3.05) is 0 Å². The second kappa shape index (κ2) is 4.23. The summed E-state index contributed by atoms with van der Waals surface area (Å²) in [4.78, 5) is 0. The first kappa shape index (κ1) is 11.4. The Morgan fingerprint density at radius 3 is 2.64 bits per heavy atom. The van der Waals surface area contributed by atoms with Crippen LogP contribution in [0.2, 0.25) is 10.0 Å². The molecule has 0 heterocycles. The van der Waals surface area contributed by atoms with Crippen molar-refractivity contribution in [2.45, 2.75) is 18.9 Å². The number of rotatable bonds is 2. The molecule has 14 heavy (non-hydrogen) atoms. The lowest BCUT2D eigenvalue weighted by Crippen LogP contribution is -2.20. The molecule has 0 aromatic heterocycles. The second-order valence-corrected chi connectivity index (χ2v) is 4.12. The summed E-state index contributed by atoms with van der Waals surface area (Å²) in [7, 11) is 0. The Bertz CT molecular complexity index is 377. The number of terminal acetylenes is 1. The molecule has 3 heteroatoms. The van der Waals surface area contributed by atoms with Crippen LogP contribution in [-0.2, 0) is 5.60 Å². The number of aliphatic hydroxyl groups is 1. The molecule has 1 rings (SSSR count). The predicted molar refractivity (Wildman–Crippen MR) is 59.5 cm³/mol. The van der Waals surface area contributed by atoms with E-state index in [0.717, 1.165) is 0 Å². The maximum Gasteiger partial charge on any atom is 0.0991 e. The van der Waals surface area contributed by atoms with Crippen molar-refractivity contribution in [3.05, 3.63) is 33.8 Å². The standard InChI is InChI=1S/C11H10Cl2O/c1-3-6-11(2,14)9-5-4-8(12)7-10(9)13/h1,4-5,7,14H,6H2,2H3. The lowest BCUT2D eigenvalue weighted by molar-refractivity contribution is 0.0631. The third-order valence-corrected chi connectivity index (χ3v) is 2.51. The van der Waals surface area contributed by atoms with Gasteiger partial charge in [0, 0.05) is 22.0 Å². The van der Waals surface area contributed by atoms with Crippen LogP contribution in [0.3, 0.4) is 0 Å². The minimum absolute atomic E-state index is 0.217. The molecule has 74 valence electrons. The summed E-state index contributed by atoms with van der Waals surface area (Å²) >= 11 is 11.7. The van der Waals surface area contributed by atoms with E-state index in [1.807, 2.05) is 0 Å². The molecule has 0 radical (unpaired) electrons. The van der Waals surface area contributed by atoms with Gasteiger partial charge in [-0.3, -0.25) is 0 Å². The first-order valence-electron chi connectivity index (χ1n) is 4.09. The van der Waals surface area contributed by atoms with E-state index in [1.54, 1.807) is 25.1 Å². The van der Waals surface area contributed by atoms with Crippen molar-refractivity contribution in [1.29, 1.82) is 0 Å². The summed E-state index contributed by atoms with van der Waals surface area (Å²) in [6, 6.07) is 4.94. The van der Waals surface area contributed by atoms with Crippen molar-refractivity contribution >= 4 is 23.2 Å². The van der Waals surface area contributed by atoms with E-state index in [1.165, 1.54) is 0 Å². The number of hydrogen-bond donors (Lipinski definition) is 1. The molecule has 1 unspecified atom stereocenters. The summed E-state index contributed by atoms with van der Waals surface area (Å²) in [6.07, 6.45) is 5.37. The number of hydrogen-bond acceptors (Lipinski definition) is 1. The van der Waals surface area contributed by atoms with Crippen LogP contribution in [0.1, 0.15) is 18.9 Å². The molecule has 0 spiro atoms. The minimum atomic E-state index is -1.10. The van der Waals surface area contributed by atoms with E-state index in [9.17, 15) is 5.11 Å². The van der Waals surface area contributed by atoms with E-state index in [2.05, 4.69) is 5.92 Å². The molecule has 0 aliphatic heterocycles. The van der Waals surface area contributed by atoms with Gasteiger partial charge >= 0.3 is 0 Å². The van der Waals surface area contributed by atoms with Crippen molar-refractivity contribution in [1.82, 2.24) is 0 Å². The van der Waals surface area contributed by atoms with Gasteiger partial charge in [0.1, 0.15) is 0 Å². The summed E-state index contributed by atoms with van der Waals surface area (Å²) in [6.45, 7) is 1.63. The quantitative estimate of drug-likeness (QED) is 0.772. The lowest BCUT2D eigenvalue weighted by Gasteiger charge is -2.22. The van der Waals surface area contributed by atoms with Crippen LogP contribution in [-0.4, -0.2) is 5.11 Å². The van der Waals surface area contributed by atoms with Gasteiger partial charge in [-0.05, 0) is 19.1 Å². The average Bonchev–Trinajstić information content (AvgIpc) is 2.02. The molecule has 0 bridgehead atoms. The second-order valence-electron chi connectivity index (χ2n) is 3.28. The lowest BCUT2D eigenvalue weighted by atomic mass is 9.93. The van der Waals surface area contributed by atoms with E-state index in [0.29, 0.717) is 15.6 Å². The fraction of sp³-hybridized carbons (Fsp3) is 0.273. The Labute approximate surface area is 93.7 Å². The first-order chi connectivity index (χ1) is 6.47. The minimum Gasteiger partial charge on any atom is -0.384 e. The molecular formula is C11H10Cl2O. The molecule has 1 nitrogen and oxygen atoms in total. The Morgan fingerprint density at radius 2 is 2.14 bits per heavy atom. The van der Waals surface area contributed by atoms with E-state index in [4.69, 9.17) is 29.6 Å². The zero-order chi connectivity index (χ0) is 10.8. The SMILES string of the molecule is C#CCC(C)(O)c1ccc(Cl)cc1Cl. The maximum absolute atomic E-state index is 9.99.